The Balaban J connectivity index is 1.63. The lowest BCUT2D eigenvalue weighted by Gasteiger charge is -2.24. The van der Waals surface area contributed by atoms with Gasteiger partial charge in [-0.15, -0.1) is 0 Å². The molecule has 1 aromatic carbocycles. The van der Waals surface area contributed by atoms with Crippen molar-refractivity contribution in [3.8, 4) is 0 Å². The number of ether oxygens (including phenoxy) is 1. The van der Waals surface area contributed by atoms with Gasteiger partial charge in [0, 0.05) is 19.5 Å². The summed E-state index contributed by atoms with van der Waals surface area (Å²) in [5.74, 6) is 3.54. The summed E-state index contributed by atoms with van der Waals surface area (Å²) in [6, 6.07) is 4.32. The number of hydrazine groups is 1. The Morgan fingerprint density at radius 1 is 1.32 bits per heavy atom. The molecule has 1 aromatic rings. The van der Waals surface area contributed by atoms with Crippen molar-refractivity contribution in [2.45, 2.75) is 25.4 Å². The van der Waals surface area contributed by atoms with Crippen molar-refractivity contribution in [2.75, 3.05) is 42.6 Å². The zero-order chi connectivity index (χ0) is 22.5. The van der Waals surface area contributed by atoms with Crippen molar-refractivity contribution in [1.82, 2.24) is 10.5 Å². The van der Waals surface area contributed by atoms with Gasteiger partial charge in [-0.1, -0.05) is 0 Å². The molecule has 9 nitrogen and oxygen atoms in total. The number of nitrogens with two attached hydrogens (primary N) is 1. The van der Waals surface area contributed by atoms with Crippen LogP contribution in [0.25, 0.3) is 0 Å². The molecule has 31 heavy (non-hydrogen) atoms. The third-order valence-corrected chi connectivity index (χ3v) is 5.27. The number of Topliss-reactive ketones (excluding diaryl/α,β-unsaturated/α-hetero) is 1. The minimum atomic E-state index is -3.05. The fourth-order valence-electron chi connectivity index (χ4n) is 3.34. The first-order valence-electron chi connectivity index (χ1n) is 9.54. The van der Waals surface area contributed by atoms with E-state index in [-0.39, 0.29) is 30.4 Å². The van der Waals surface area contributed by atoms with Gasteiger partial charge in [-0.05, 0) is 36.8 Å². The lowest BCUT2D eigenvalue weighted by Crippen LogP contribution is -2.44. The molecule has 2 heterocycles. The molecular weight excluding hydrogens is 439 g/mol. The number of ketones is 1. The van der Waals surface area contributed by atoms with Crippen molar-refractivity contribution in [1.29, 1.82) is 0 Å². The van der Waals surface area contributed by atoms with Crippen LogP contribution >= 0.6 is 12.2 Å². The Morgan fingerprint density at radius 2 is 2.10 bits per heavy atom. The van der Waals surface area contributed by atoms with Crippen LogP contribution < -0.4 is 21.1 Å². The maximum Gasteiger partial charge on any atom is 0.414 e. The summed E-state index contributed by atoms with van der Waals surface area (Å²) < 4.78 is 44.6. The predicted molar refractivity (Wildman–Crippen MR) is 109 cm³/mol. The second-order valence-corrected chi connectivity index (χ2v) is 7.32. The average Bonchev–Trinajstić information content (AvgIpc) is 2.95. The number of nitrogens with zero attached hydrogens (tertiary/aromatic N) is 3. The topological polar surface area (TPSA) is 100 Å². The van der Waals surface area contributed by atoms with Crippen molar-refractivity contribution >= 4 is 40.6 Å². The molecule has 3 rings (SSSR count). The number of halogens is 3. The van der Waals surface area contributed by atoms with Crippen LogP contribution in [0.4, 0.5) is 29.3 Å². The first kappa shape index (κ1) is 23.0. The van der Waals surface area contributed by atoms with Crippen LogP contribution in [-0.4, -0.2) is 67.4 Å². The van der Waals surface area contributed by atoms with Crippen LogP contribution in [0, 0.1) is 5.82 Å². The highest BCUT2D eigenvalue weighted by atomic mass is 32.1. The molecule has 0 aromatic heterocycles. The number of alkyl halides is 2. The molecule has 0 saturated carbocycles. The highest BCUT2D eigenvalue weighted by molar-refractivity contribution is 7.80. The molecule has 2 aliphatic heterocycles. The molecule has 0 aliphatic carbocycles. The van der Waals surface area contributed by atoms with Crippen molar-refractivity contribution in [3.63, 3.8) is 0 Å². The highest BCUT2D eigenvalue weighted by Gasteiger charge is 2.33. The zero-order valence-corrected chi connectivity index (χ0v) is 17.2. The number of amides is 1. The standard InChI is InChI=1S/C18H22F3N5O4S/c19-13-9-11(25-10-12(30-18(25)28)2-4-15(27)16(20)21)1-3-14(13)24-5-6-26(17(31)23-22)29-8-7-24/h1,3,9,12,16H,2,4-8,10,22H2,(H,23,31)/t12-/m0/s1. The molecule has 3 N–H and O–H groups in total. The van der Waals surface area contributed by atoms with E-state index in [1.54, 1.807) is 17.0 Å². The molecule has 2 saturated heterocycles. The van der Waals surface area contributed by atoms with Gasteiger partial charge in [0.05, 0.1) is 31.1 Å². The SMILES string of the molecule is NNC(=S)N1CCN(c2ccc(N3C[C@H](CCC(=O)C(F)F)OC3=O)cc2F)CCO1. The van der Waals surface area contributed by atoms with E-state index in [1.807, 2.05) is 0 Å². The van der Waals surface area contributed by atoms with Crippen molar-refractivity contribution in [2.24, 2.45) is 5.84 Å². The number of rotatable bonds is 6. The van der Waals surface area contributed by atoms with E-state index in [9.17, 15) is 22.8 Å². The zero-order valence-electron chi connectivity index (χ0n) is 16.4. The second kappa shape index (κ2) is 10.1. The average molecular weight is 461 g/mol. The smallest absolute Gasteiger partial charge is 0.414 e. The van der Waals surface area contributed by atoms with E-state index in [4.69, 9.17) is 27.6 Å². The van der Waals surface area contributed by atoms with E-state index < -0.39 is 36.6 Å². The lowest BCUT2D eigenvalue weighted by atomic mass is 10.1. The summed E-state index contributed by atoms with van der Waals surface area (Å²) in [7, 11) is 0. The van der Waals surface area contributed by atoms with Crippen LogP contribution in [0.3, 0.4) is 0 Å². The molecule has 2 aliphatic rings. The number of hydrogen-bond donors (Lipinski definition) is 2. The fraction of sp³-hybridized carbons (Fsp3) is 0.500. The number of hydrogen-bond acceptors (Lipinski definition) is 7. The molecule has 0 bridgehead atoms. The second-order valence-electron chi connectivity index (χ2n) is 6.93. The van der Waals surface area contributed by atoms with Gasteiger partial charge in [-0.3, -0.25) is 20.0 Å². The maximum atomic E-state index is 14.8. The predicted octanol–water partition coefficient (Wildman–Crippen LogP) is 1.57. The quantitative estimate of drug-likeness (QED) is 0.371. The molecule has 1 atom stereocenters. The summed E-state index contributed by atoms with van der Waals surface area (Å²) >= 11 is 5.03. The number of carbonyl (C=O) groups excluding carboxylic acids is 2. The Bertz CT molecular complexity index is 846. The first-order chi connectivity index (χ1) is 14.8. The van der Waals surface area contributed by atoms with Gasteiger partial charge < -0.3 is 9.64 Å². The summed E-state index contributed by atoms with van der Waals surface area (Å²) in [4.78, 5) is 31.7. The van der Waals surface area contributed by atoms with Crippen LogP contribution in [-0.2, 0) is 14.4 Å². The third kappa shape index (κ3) is 5.54. The Hall–Kier alpha value is -2.64. The van der Waals surface area contributed by atoms with Crippen LogP contribution in [0.15, 0.2) is 18.2 Å². The molecule has 1 amide bonds. The molecular formula is C18H22F3N5O4S. The number of anilines is 2. The van der Waals surface area contributed by atoms with Gasteiger partial charge in [-0.25, -0.2) is 28.9 Å². The normalized spacial score (nSPS) is 19.5. The van der Waals surface area contributed by atoms with Crippen LogP contribution in [0.1, 0.15) is 12.8 Å². The first-order valence-corrected chi connectivity index (χ1v) is 9.95. The summed E-state index contributed by atoms with van der Waals surface area (Å²) in [5.41, 5.74) is 2.93. The van der Waals surface area contributed by atoms with Gasteiger partial charge in [0.1, 0.15) is 11.9 Å². The molecule has 0 spiro atoms. The number of carbonyl (C=O) groups is 2. The molecule has 13 heteroatoms. The number of benzene rings is 1. The summed E-state index contributed by atoms with van der Waals surface area (Å²) in [5, 5.41) is 1.64. The Morgan fingerprint density at radius 3 is 2.77 bits per heavy atom. The van der Waals surface area contributed by atoms with Gasteiger partial charge in [0.2, 0.25) is 5.11 Å². The molecule has 0 unspecified atom stereocenters. The number of hydroxylamine groups is 2. The Labute approximate surface area is 181 Å². The third-order valence-electron chi connectivity index (χ3n) is 4.95. The van der Waals surface area contributed by atoms with Crippen LogP contribution in [0.5, 0.6) is 0 Å². The van der Waals surface area contributed by atoms with E-state index in [0.717, 1.165) is 0 Å². The van der Waals surface area contributed by atoms with Crippen molar-refractivity contribution < 1.29 is 32.3 Å². The number of cyclic esters (lactones) is 1. The van der Waals surface area contributed by atoms with E-state index in [1.165, 1.54) is 16.0 Å². The Kier molecular flexibility index (Phi) is 7.51. The van der Waals surface area contributed by atoms with Crippen molar-refractivity contribution in [3.05, 3.63) is 24.0 Å². The molecule has 2 fully saturated rings. The number of thiocarbonyl (C=S) groups is 1. The van der Waals surface area contributed by atoms with Crippen LogP contribution in [0.2, 0.25) is 0 Å². The lowest BCUT2D eigenvalue weighted by molar-refractivity contribution is -0.129. The minimum absolute atomic E-state index is 0.0181. The maximum absolute atomic E-state index is 14.8. The summed E-state index contributed by atoms with van der Waals surface area (Å²) in [6.07, 6.45) is -4.90. The van der Waals surface area contributed by atoms with E-state index in [0.29, 0.717) is 25.3 Å². The van der Waals surface area contributed by atoms with Gasteiger partial charge in [-0.2, -0.15) is 0 Å². The molecule has 170 valence electrons. The molecule has 0 radical (unpaired) electrons. The van der Waals surface area contributed by atoms with E-state index >= 15 is 0 Å². The monoisotopic (exact) mass is 461 g/mol. The van der Waals surface area contributed by atoms with E-state index in [2.05, 4.69) is 5.43 Å². The number of nitrogens with one attached hydrogen (secondary N) is 1. The van der Waals surface area contributed by atoms with Gasteiger partial charge in [0.25, 0.3) is 6.43 Å². The van der Waals surface area contributed by atoms with Gasteiger partial charge >= 0.3 is 6.09 Å². The minimum Gasteiger partial charge on any atom is -0.444 e. The largest absolute Gasteiger partial charge is 0.444 e. The highest BCUT2D eigenvalue weighted by Crippen LogP contribution is 2.29. The summed E-state index contributed by atoms with van der Waals surface area (Å²) in [6.45, 7) is 1.50. The van der Waals surface area contributed by atoms with Gasteiger partial charge in [0.15, 0.2) is 5.78 Å². The fourth-order valence-corrected chi connectivity index (χ4v) is 3.48.